The van der Waals surface area contributed by atoms with Gasteiger partial charge < -0.3 is 15.2 Å². The molecule has 0 radical (unpaired) electrons. The van der Waals surface area contributed by atoms with Crippen LogP contribution in [0, 0.1) is 0 Å². The number of hydrogen-bond acceptors (Lipinski definition) is 4. The molecule has 0 aliphatic carbocycles. The molecule has 0 aromatic carbocycles. The summed E-state index contributed by atoms with van der Waals surface area (Å²) >= 11 is 1.76. The Morgan fingerprint density at radius 1 is 1.33 bits per heavy atom. The average Bonchev–Trinajstić information content (AvgIpc) is 2.26. The SMILES string of the molecule is CSC[C@H]1OC(C)(C)O[C@@H]1CN. The first-order valence-corrected chi connectivity index (χ1v) is 5.53. The van der Waals surface area contributed by atoms with E-state index < -0.39 is 5.79 Å². The highest BCUT2D eigenvalue weighted by Crippen LogP contribution is 2.28. The molecule has 12 heavy (non-hydrogen) atoms. The average molecular weight is 191 g/mol. The van der Waals surface area contributed by atoms with Crippen molar-refractivity contribution >= 4 is 11.8 Å². The lowest BCUT2D eigenvalue weighted by molar-refractivity contribution is -0.143. The lowest BCUT2D eigenvalue weighted by Gasteiger charge is -2.16. The maximum absolute atomic E-state index is 5.67. The van der Waals surface area contributed by atoms with Crippen LogP contribution in [0.2, 0.25) is 0 Å². The van der Waals surface area contributed by atoms with Crippen LogP contribution in [0.1, 0.15) is 13.8 Å². The molecular formula is C8H17NO2S. The molecule has 0 unspecified atom stereocenters. The van der Waals surface area contributed by atoms with Gasteiger partial charge in [0.2, 0.25) is 0 Å². The van der Waals surface area contributed by atoms with Gasteiger partial charge in [0.05, 0.1) is 6.10 Å². The fourth-order valence-corrected chi connectivity index (χ4v) is 2.03. The Morgan fingerprint density at radius 2 is 1.92 bits per heavy atom. The summed E-state index contributed by atoms with van der Waals surface area (Å²) in [6.45, 7) is 4.39. The number of nitrogens with two attached hydrogens (primary N) is 1. The zero-order valence-corrected chi connectivity index (χ0v) is 8.69. The maximum atomic E-state index is 5.67. The van der Waals surface area contributed by atoms with Crippen molar-refractivity contribution in [2.75, 3.05) is 18.6 Å². The normalized spacial score (nSPS) is 34.0. The third-order valence-corrected chi connectivity index (χ3v) is 2.51. The lowest BCUT2D eigenvalue weighted by Crippen LogP contribution is -2.32. The Morgan fingerprint density at radius 3 is 2.42 bits per heavy atom. The van der Waals surface area contributed by atoms with E-state index in [9.17, 15) is 0 Å². The highest BCUT2D eigenvalue weighted by molar-refractivity contribution is 7.98. The minimum atomic E-state index is -0.454. The van der Waals surface area contributed by atoms with Gasteiger partial charge in [-0.25, -0.2) is 0 Å². The second-order valence-corrected chi connectivity index (χ2v) is 4.31. The van der Waals surface area contributed by atoms with Crippen LogP contribution < -0.4 is 5.73 Å². The summed E-state index contributed by atoms with van der Waals surface area (Å²) < 4.78 is 11.3. The monoisotopic (exact) mass is 191 g/mol. The molecule has 2 N–H and O–H groups in total. The molecule has 4 heteroatoms. The van der Waals surface area contributed by atoms with Gasteiger partial charge in [-0.15, -0.1) is 0 Å². The predicted octanol–water partition coefficient (Wildman–Crippen LogP) is 0.828. The minimum Gasteiger partial charge on any atom is -0.344 e. The molecule has 1 heterocycles. The third-order valence-electron chi connectivity index (χ3n) is 1.85. The van der Waals surface area contributed by atoms with Gasteiger partial charge in [0.1, 0.15) is 6.10 Å². The standard InChI is InChI=1S/C8H17NO2S/c1-8(2)10-6(4-9)7(11-8)5-12-3/h6-7H,4-5,9H2,1-3H3/t6-,7-/m1/s1. The minimum absolute atomic E-state index is 0.0625. The molecule has 0 bridgehead atoms. The van der Waals surface area contributed by atoms with Crippen molar-refractivity contribution in [2.45, 2.75) is 31.8 Å². The smallest absolute Gasteiger partial charge is 0.163 e. The summed E-state index contributed by atoms with van der Waals surface area (Å²) in [7, 11) is 0. The van der Waals surface area contributed by atoms with E-state index in [4.69, 9.17) is 15.2 Å². The van der Waals surface area contributed by atoms with Crippen LogP contribution in [0.5, 0.6) is 0 Å². The van der Waals surface area contributed by atoms with Gasteiger partial charge in [-0.05, 0) is 20.1 Å². The topological polar surface area (TPSA) is 44.5 Å². The van der Waals surface area contributed by atoms with Gasteiger partial charge in [-0.1, -0.05) is 0 Å². The molecule has 0 spiro atoms. The largest absolute Gasteiger partial charge is 0.344 e. The fraction of sp³-hybridized carbons (Fsp3) is 1.00. The molecule has 72 valence electrons. The Balaban J connectivity index is 2.50. The first-order valence-electron chi connectivity index (χ1n) is 4.13. The molecule has 0 saturated carbocycles. The van der Waals surface area contributed by atoms with Gasteiger partial charge >= 0.3 is 0 Å². The highest BCUT2D eigenvalue weighted by atomic mass is 32.2. The molecule has 1 aliphatic rings. The molecule has 1 fully saturated rings. The van der Waals surface area contributed by atoms with E-state index in [2.05, 4.69) is 6.26 Å². The van der Waals surface area contributed by atoms with Crippen LogP contribution in [0.25, 0.3) is 0 Å². The maximum Gasteiger partial charge on any atom is 0.163 e. The van der Waals surface area contributed by atoms with E-state index in [0.717, 1.165) is 5.75 Å². The summed E-state index contributed by atoms with van der Waals surface area (Å²) in [6.07, 6.45) is 2.27. The van der Waals surface area contributed by atoms with E-state index in [0.29, 0.717) is 6.54 Å². The third kappa shape index (κ3) is 2.36. The van der Waals surface area contributed by atoms with Crippen molar-refractivity contribution in [1.29, 1.82) is 0 Å². The predicted molar refractivity (Wildman–Crippen MR) is 51.3 cm³/mol. The van der Waals surface area contributed by atoms with Crippen molar-refractivity contribution in [2.24, 2.45) is 5.73 Å². The van der Waals surface area contributed by atoms with Gasteiger partial charge in [0.25, 0.3) is 0 Å². The van der Waals surface area contributed by atoms with E-state index >= 15 is 0 Å². The van der Waals surface area contributed by atoms with Crippen molar-refractivity contribution in [3.05, 3.63) is 0 Å². The molecule has 1 saturated heterocycles. The number of rotatable bonds is 3. The molecule has 3 nitrogen and oxygen atoms in total. The van der Waals surface area contributed by atoms with Crippen LogP contribution in [0.3, 0.4) is 0 Å². The summed E-state index contributed by atoms with van der Waals surface area (Å²) in [5, 5.41) is 0. The van der Waals surface area contributed by atoms with E-state index in [1.807, 2.05) is 13.8 Å². The van der Waals surface area contributed by atoms with Gasteiger partial charge in [-0.3, -0.25) is 0 Å². The zero-order chi connectivity index (χ0) is 9.19. The lowest BCUT2D eigenvalue weighted by atomic mass is 10.2. The summed E-state index contributed by atoms with van der Waals surface area (Å²) in [5.41, 5.74) is 5.56. The molecule has 0 amide bonds. The molecule has 1 aliphatic heterocycles. The van der Waals surface area contributed by atoms with E-state index in [1.54, 1.807) is 11.8 Å². The first-order chi connectivity index (χ1) is 5.59. The molecule has 1 rings (SSSR count). The summed E-state index contributed by atoms with van der Waals surface area (Å²) in [5.74, 6) is 0.496. The Bertz CT molecular complexity index is 152. The molecule has 2 atom stereocenters. The van der Waals surface area contributed by atoms with Crippen LogP contribution in [-0.4, -0.2) is 36.5 Å². The van der Waals surface area contributed by atoms with Gasteiger partial charge in [-0.2, -0.15) is 11.8 Å². The van der Waals surface area contributed by atoms with Gasteiger partial charge in [0, 0.05) is 12.3 Å². The van der Waals surface area contributed by atoms with Crippen molar-refractivity contribution in [3.8, 4) is 0 Å². The Hall–Kier alpha value is 0.230. The van der Waals surface area contributed by atoms with E-state index in [1.165, 1.54) is 0 Å². The summed E-state index contributed by atoms with van der Waals surface area (Å²) in [6, 6.07) is 0. The quantitative estimate of drug-likeness (QED) is 0.717. The van der Waals surface area contributed by atoms with Crippen LogP contribution in [0.4, 0.5) is 0 Å². The van der Waals surface area contributed by atoms with Crippen LogP contribution in [-0.2, 0) is 9.47 Å². The molecule has 0 aromatic rings. The Labute approximate surface area is 78.0 Å². The second-order valence-electron chi connectivity index (χ2n) is 3.40. The van der Waals surface area contributed by atoms with Crippen LogP contribution in [0.15, 0.2) is 0 Å². The second kappa shape index (κ2) is 3.96. The molecule has 0 aromatic heterocycles. The zero-order valence-electron chi connectivity index (χ0n) is 7.87. The van der Waals surface area contributed by atoms with Crippen molar-refractivity contribution < 1.29 is 9.47 Å². The number of thioether (sulfide) groups is 1. The van der Waals surface area contributed by atoms with Gasteiger partial charge in [0.15, 0.2) is 5.79 Å². The fourth-order valence-electron chi connectivity index (χ4n) is 1.41. The van der Waals surface area contributed by atoms with E-state index in [-0.39, 0.29) is 12.2 Å². The Kier molecular flexibility index (Phi) is 3.40. The van der Waals surface area contributed by atoms with Crippen molar-refractivity contribution in [1.82, 2.24) is 0 Å². The number of hydrogen-bond donors (Lipinski definition) is 1. The highest BCUT2D eigenvalue weighted by Gasteiger charge is 2.39. The summed E-state index contributed by atoms with van der Waals surface area (Å²) in [4.78, 5) is 0. The number of ether oxygens (including phenoxy) is 2. The van der Waals surface area contributed by atoms with Crippen molar-refractivity contribution in [3.63, 3.8) is 0 Å². The van der Waals surface area contributed by atoms with Crippen LogP contribution >= 0.6 is 11.8 Å². The first kappa shape index (κ1) is 10.3. The molecular weight excluding hydrogens is 174 g/mol.